The Morgan fingerprint density at radius 3 is 2.58 bits per heavy atom. The van der Waals surface area contributed by atoms with Crippen molar-refractivity contribution < 1.29 is 9.59 Å². The van der Waals surface area contributed by atoms with Crippen LogP contribution < -0.4 is 10.2 Å². The molecule has 0 aromatic carbocycles. The molecule has 2 saturated heterocycles. The number of hydrogen-bond acceptors (Lipinski definition) is 5. The number of carbonyl (C=O) groups excluding carboxylic acids is 2. The third kappa shape index (κ3) is 2.52. The molecule has 0 spiro atoms. The van der Waals surface area contributed by atoms with Crippen molar-refractivity contribution in [2.24, 2.45) is 0 Å². The lowest BCUT2D eigenvalue weighted by Gasteiger charge is -2.24. The average Bonchev–Trinajstić information content (AvgIpc) is 2.89. The first kappa shape index (κ1) is 12.7. The van der Waals surface area contributed by atoms with E-state index in [1.54, 1.807) is 6.20 Å². The molecule has 102 valence electrons. The van der Waals surface area contributed by atoms with Gasteiger partial charge in [0.25, 0.3) is 0 Å². The number of carbonyl (C=O) groups is 2. The minimum atomic E-state index is -0.147. The van der Waals surface area contributed by atoms with Crippen molar-refractivity contribution >= 4 is 29.3 Å². The van der Waals surface area contributed by atoms with E-state index in [9.17, 15) is 9.59 Å². The molecule has 0 saturated carbocycles. The van der Waals surface area contributed by atoms with E-state index in [1.165, 1.54) is 16.7 Å². The second kappa shape index (κ2) is 5.34. The summed E-state index contributed by atoms with van der Waals surface area (Å²) in [4.78, 5) is 24.9. The fraction of sp³-hybridized carbons (Fsp3) is 0.583. The third-order valence-corrected chi connectivity index (χ3v) is 4.38. The van der Waals surface area contributed by atoms with Crippen LogP contribution in [0.3, 0.4) is 0 Å². The maximum absolute atomic E-state index is 11.8. The topological polar surface area (TPSA) is 67.2 Å². The Bertz CT molecular complexity index is 480. The molecule has 19 heavy (non-hydrogen) atoms. The van der Waals surface area contributed by atoms with Crippen LogP contribution in [0.4, 0.5) is 5.69 Å². The van der Waals surface area contributed by atoms with Gasteiger partial charge in [0.05, 0.1) is 29.4 Å². The third-order valence-electron chi connectivity index (χ3n) is 3.48. The van der Waals surface area contributed by atoms with Gasteiger partial charge < -0.3 is 5.32 Å². The predicted octanol–water partition coefficient (Wildman–Crippen LogP) is 0.414. The monoisotopic (exact) mass is 280 g/mol. The van der Waals surface area contributed by atoms with E-state index in [1.807, 2.05) is 10.9 Å². The predicted molar refractivity (Wildman–Crippen MR) is 73.2 cm³/mol. The van der Waals surface area contributed by atoms with E-state index < -0.39 is 0 Å². The van der Waals surface area contributed by atoms with Crippen LogP contribution >= 0.6 is 11.8 Å². The molecule has 0 aliphatic carbocycles. The highest BCUT2D eigenvalue weighted by molar-refractivity contribution is 8.00. The van der Waals surface area contributed by atoms with Crippen molar-refractivity contribution in [1.29, 1.82) is 0 Å². The maximum atomic E-state index is 11.8. The molecule has 2 aliphatic heterocycles. The first-order chi connectivity index (χ1) is 9.25. The molecule has 0 atom stereocenters. The lowest BCUT2D eigenvalue weighted by Crippen LogP contribution is -2.43. The van der Waals surface area contributed by atoms with Crippen LogP contribution in [-0.2, 0) is 9.59 Å². The van der Waals surface area contributed by atoms with E-state index in [0.29, 0.717) is 23.2 Å². The quantitative estimate of drug-likeness (QED) is 0.795. The Kier molecular flexibility index (Phi) is 3.56. The molecule has 3 rings (SSSR count). The van der Waals surface area contributed by atoms with Crippen LogP contribution in [-0.4, -0.2) is 46.2 Å². The lowest BCUT2D eigenvalue weighted by atomic mass is 10.1. The SMILES string of the molecule is O=C1CSCC(=O)N1c1cnn(C2CCNCC2)c1. The minimum absolute atomic E-state index is 0.147. The number of imide groups is 1. The zero-order chi connectivity index (χ0) is 13.2. The largest absolute Gasteiger partial charge is 0.317 e. The molecule has 1 N–H and O–H groups in total. The van der Waals surface area contributed by atoms with Crippen molar-refractivity contribution in [1.82, 2.24) is 15.1 Å². The molecule has 7 heteroatoms. The smallest absolute Gasteiger partial charge is 0.243 e. The number of nitrogens with one attached hydrogen (secondary N) is 1. The molecule has 0 bridgehead atoms. The van der Waals surface area contributed by atoms with E-state index >= 15 is 0 Å². The Labute approximate surface area is 115 Å². The Morgan fingerprint density at radius 2 is 1.89 bits per heavy atom. The van der Waals surface area contributed by atoms with Crippen LogP contribution in [0.2, 0.25) is 0 Å². The summed E-state index contributed by atoms with van der Waals surface area (Å²) in [6.07, 6.45) is 5.49. The highest BCUT2D eigenvalue weighted by Crippen LogP contribution is 2.24. The number of rotatable bonds is 2. The number of thioether (sulfide) groups is 1. The molecule has 2 aliphatic rings. The van der Waals surface area contributed by atoms with Gasteiger partial charge in [-0.2, -0.15) is 5.10 Å². The number of anilines is 1. The van der Waals surface area contributed by atoms with E-state index in [-0.39, 0.29) is 11.8 Å². The first-order valence-corrected chi connectivity index (χ1v) is 7.59. The van der Waals surface area contributed by atoms with Crippen LogP contribution in [0.25, 0.3) is 0 Å². The van der Waals surface area contributed by atoms with Crippen molar-refractivity contribution in [3.8, 4) is 0 Å². The minimum Gasteiger partial charge on any atom is -0.317 e. The van der Waals surface area contributed by atoms with Crippen LogP contribution in [0, 0.1) is 0 Å². The van der Waals surface area contributed by atoms with Gasteiger partial charge in [-0.1, -0.05) is 0 Å². The van der Waals surface area contributed by atoms with Gasteiger partial charge in [-0.05, 0) is 25.9 Å². The molecule has 6 nitrogen and oxygen atoms in total. The Balaban J connectivity index is 1.79. The first-order valence-electron chi connectivity index (χ1n) is 6.44. The van der Waals surface area contributed by atoms with Gasteiger partial charge in [0.1, 0.15) is 0 Å². The van der Waals surface area contributed by atoms with Crippen LogP contribution in [0.1, 0.15) is 18.9 Å². The van der Waals surface area contributed by atoms with Crippen molar-refractivity contribution in [3.05, 3.63) is 12.4 Å². The number of hydrogen-bond donors (Lipinski definition) is 1. The molecule has 1 aromatic rings. The summed E-state index contributed by atoms with van der Waals surface area (Å²) in [5, 5.41) is 7.63. The summed E-state index contributed by atoms with van der Waals surface area (Å²) in [5.41, 5.74) is 0.605. The Hall–Kier alpha value is -1.34. The zero-order valence-corrected chi connectivity index (χ0v) is 11.4. The normalized spacial score (nSPS) is 22.0. The summed E-state index contributed by atoms with van der Waals surface area (Å²) in [6.45, 7) is 1.97. The fourth-order valence-electron chi connectivity index (χ4n) is 2.50. The van der Waals surface area contributed by atoms with Crippen molar-refractivity contribution in [2.45, 2.75) is 18.9 Å². The highest BCUT2D eigenvalue weighted by Gasteiger charge is 2.29. The summed E-state index contributed by atoms with van der Waals surface area (Å²) >= 11 is 1.37. The summed E-state index contributed by atoms with van der Waals surface area (Å²) in [7, 11) is 0. The van der Waals surface area contributed by atoms with Crippen molar-refractivity contribution in [3.63, 3.8) is 0 Å². The van der Waals surface area contributed by atoms with Gasteiger partial charge in [0.2, 0.25) is 11.8 Å². The molecular formula is C12H16N4O2S. The number of piperidine rings is 1. The molecule has 3 heterocycles. The Morgan fingerprint density at radius 1 is 1.21 bits per heavy atom. The maximum Gasteiger partial charge on any atom is 0.243 e. The van der Waals surface area contributed by atoms with E-state index in [2.05, 4.69) is 10.4 Å². The highest BCUT2D eigenvalue weighted by atomic mass is 32.2. The molecule has 1 aromatic heterocycles. The van der Waals surface area contributed by atoms with Gasteiger partial charge in [0.15, 0.2) is 0 Å². The number of aromatic nitrogens is 2. The second-order valence-corrected chi connectivity index (χ2v) is 5.76. The fourth-order valence-corrected chi connectivity index (χ4v) is 3.21. The molecular weight excluding hydrogens is 264 g/mol. The van der Waals surface area contributed by atoms with Gasteiger partial charge in [-0.25, -0.2) is 4.90 Å². The number of nitrogens with zero attached hydrogens (tertiary/aromatic N) is 3. The molecule has 2 fully saturated rings. The standard InChI is InChI=1S/C12H16N4O2S/c17-11-7-19-8-12(18)16(11)10-5-14-15(6-10)9-1-3-13-4-2-9/h5-6,9,13H,1-4,7-8H2. The van der Waals surface area contributed by atoms with E-state index in [0.717, 1.165) is 25.9 Å². The van der Waals surface area contributed by atoms with Gasteiger partial charge in [-0.3, -0.25) is 14.3 Å². The lowest BCUT2D eigenvalue weighted by molar-refractivity contribution is -0.124. The number of amides is 2. The van der Waals surface area contributed by atoms with Gasteiger partial charge in [-0.15, -0.1) is 11.8 Å². The summed E-state index contributed by atoms with van der Waals surface area (Å²) < 4.78 is 1.89. The van der Waals surface area contributed by atoms with Gasteiger partial charge >= 0.3 is 0 Å². The van der Waals surface area contributed by atoms with Crippen LogP contribution in [0.15, 0.2) is 12.4 Å². The molecule has 0 radical (unpaired) electrons. The van der Waals surface area contributed by atoms with Gasteiger partial charge in [0, 0.05) is 6.20 Å². The second-order valence-electron chi connectivity index (χ2n) is 4.78. The zero-order valence-electron chi connectivity index (χ0n) is 10.5. The van der Waals surface area contributed by atoms with Crippen molar-refractivity contribution in [2.75, 3.05) is 29.5 Å². The summed E-state index contributed by atoms with van der Waals surface area (Å²) in [5.74, 6) is 0.436. The van der Waals surface area contributed by atoms with E-state index in [4.69, 9.17) is 0 Å². The molecule has 2 amide bonds. The molecule has 0 unspecified atom stereocenters. The van der Waals surface area contributed by atoms with Crippen LogP contribution in [0.5, 0.6) is 0 Å². The average molecular weight is 280 g/mol. The summed E-state index contributed by atoms with van der Waals surface area (Å²) in [6, 6.07) is 0.361.